The Hall–Kier alpha value is -1.13. The van der Waals surface area contributed by atoms with E-state index in [1.807, 2.05) is 14.0 Å². The number of nitrogens with zero attached hydrogens (tertiary/aromatic N) is 2. The van der Waals surface area contributed by atoms with Gasteiger partial charge < -0.3 is 17.7 Å². The van der Waals surface area contributed by atoms with Crippen molar-refractivity contribution < 1.29 is 22.5 Å². The molecule has 1 N–H and O–H groups in total. The fourth-order valence-corrected chi connectivity index (χ4v) is 17.6. The summed E-state index contributed by atoms with van der Waals surface area (Å²) in [5, 5.41) is 1.79. The summed E-state index contributed by atoms with van der Waals surface area (Å²) in [7, 11) is -3.86. The summed E-state index contributed by atoms with van der Waals surface area (Å²) in [5.74, 6) is 0. The predicted octanol–water partition coefficient (Wildman–Crippen LogP) is 3.70. The lowest BCUT2D eigenvalue weighted by Gasteiger charge is -2.56. The number of hydroxylamine groups is 2. The van der Waals surface area contributed by atoms with Crippen molar-refractivity contribution in [3.05, 3.63) is 32.6 Å². The van der Waals surface area contributed by atoms with Crippen LogP contribution in [0.15, 0.2) is 15.8 Å². The minimum atomic E-state index is -2.94. The zero-order valence-electron chi connectivity index (χ0n) is 24.2. The van der Waals surface area contributed by atoms with Crippen molar-refractivity contribution in [2.75, 3.05) is 13.7 Å². The number of likely N-dealkylation sites (N-methyl/N-ethyl adjacent to an activating group) is 1. The molecule has 5 atom stereocenters. The molecule has 12 heteroatoms. The second kappa shape index (κ2) is 9.81. The molecule has 0 radical (unpaired) electrons. The van der Waals surface area contributed by atoms with Gasteiger partial charge in [-0.3, -0.25) is 19.2 Å². The summed E-state index contributed by atoms with van der Waals surface area (Å²) in [6.45, 7) is 21.4. The van der Waals surface area contributed by atoms with E-state index in [0.717, 1.165) is 0 Å². The van der Waals surface area contributed by atoms with Crippen LogP contribution in [0.1, 0.15) is 74.1 Å². The van der Waals surface area contributed by atoms with Gasteiger partial charge in [0.25, 0.3) is 5.56 Å². The van der Waals surface area contributed by atoms with Crippen LogP contribution >= 0.6 is 0 Å². The van der Waals surface area contributed by atoms with Gasteiger partial charge in [0.05, 0.1) is 12.6 Å². The van der Waals surface area contributed by atoms with Crippen molar-refractivity contribution in [3.63, 3.8) is 0 Å². The Labute approximate surface area is 222 Å². The molecule has 0 aliphatic carbocycles. The fraction of sp³-hybridized carbons (Fsp3) is 0.840. The number of rotatable bonds is 5. The maximum Gasteiger partial charge on any atom is 0.335 e. The molecule has 3 fully saturated rings. The Balaban J connectivity index is 1.94. The first-order valence-corrected chi connectivity index (χ1v) is 17.5. The lowest BCUT2D eigenvalue weighted by atomic mass is 9.87. The Morgan fingerprint density at radius 1 is 1.00 bits per heavy atom. The second-order valence-corrected chi connectivity index (χ2v) is 21.1. The van der Waals surface area contributed by atoms with Gasteiger partial charge in [-0.05, 0) is 36.0 Å². The molecule has 37 heavy (non-hydrogen) atoms. The molecule has 3 saturated heterocycles. The first-order chi connectivity index (χ1) is 17.1. The molecule has 4 rings (SSSR count). The van der Waals surface area contributed by atoms with E-state index in [4.69, 9.17) is 22.5 Å². The molecule has 3 aliphatic rings. The van der Waals surface area contributed by atoms with E-state index in [2.05, 4.69) is 60.4 Å². The molecule has 0 amide bonds. The van der Waals surface area contributed by atoms with Gasteiger partial charge in [-0.2, -0.15) is 5.06 Å². The van der Waals surface area contributed by atoms with Crippen LogP contribution in [0.3, 0.4) is 0 Å². The molecule has 2 bridgehead atoms. The zero-order valence-corrected chi connectivity index (χ0v) is 26.2. The van der Waals surface area contributed by atoms with Crippen molar-refractivity contribution in [1.82, 2.24) is 14.6 Å². The maximum atomic E-state index is 13.0. The van der Waals surface area contributed by atoms with E-state index >= 15 is 0 Å². The molecule has 1 unspecified atom stereocenters. The Morgan fingerprint density at radius 2 is 1.57 bits per heavy atom. The third-order valence-electron chi connectivity index (χ3n) is 8.73. The van der Waals surface area contributed by atoms with Gasteiger partial charge in [0.15, 0.2) is 12.3 Å². The van der Waals surface area contributed by atoms with Crippen LogP contribution in [0.4, 0.5) is 0 Å². The van der Waals surface area contributed by atoms with E-state index < -0.39 is 52.4 Å². The molecule has 4 heterocycles. The number of aromatic amines is 1. The average Bonchev–Trinajstić information content (AvgIpc) is 3.01. The smallest absolute Gasteiger partial charge is 0.335 e. The highest BCUT2D eigenvalue weighted by atomic mass is 28.5. The van der Waals surface area contributed by atoms with E-state index in [-0.39, 0.29) is 34.8 Å². The lowest BCUT2D eigenvalue weighted by Crippen LogP contribution is -2.73. The first kappa shape index (κ1) is 28.9. The maximum absolute atomic E-state index is 13.0. The van der Waals surface area contributed by atoms with Crippen LogP contribution < -0.4 is 11.2 Å². The van der Waals surface area contributed by atoms with Gasteiger partial charge in [0, 0.05) is 18.8 Å². The van der Waals surface area contributed by atoms with Crippen molar-refractivity contribution >= 4 is 17.1 Å². The Bertz CT molecular complexity index is 1100. The van der Waals surface area contributed by atoms with Crippen LogP contribution in [0.5, 0.6) is 0 Å². The molecule has 0 saturated carbocycles. The SMILES string of the molecule is Cc1cn([C@@H]2O[C@]34CO[Si](C(C)C)(C(C)C)O[Si](C(C)C)(C(C)C)OC3[C@@H]2ON(C)[C@H]4C)c(=O)[nH]c1=O. The molecular weight excluding hydrogens is 510 g/mol. The van der Waals surface area contributed by atoms with Crippen LogP contribution in [0.25, 0.3) is 0 Å². The third-order valence-corrected chi connectivity index (χ3v) is 18.9. The summed E-state index contributed by atoms with van der Waals surface area (Å²) < 4.78 is 30.0. The molecule has 3 aliphatic heterocycles. The molecule has 0 spiro atoms. The van der Waals surface area contributed by atoms with Gasteiger partial charge in [-0.1, -0.05) is 55.4 Å². The van der Waals surface area contributed by atoms with Gasteiger partial charge in [0.1, 0.15) is 11.7 Å². The standard InChI is InChI=1S/C25H45N3O7Si2/c1-14(2)36(15(3)4)31-13-25-19(10)27(11)33-20(21(25)34-37(35-36,16(5)6)17(7)8)23(32-25)28-12-18(9)22(29)26-24(28)30/h12,14-17,19-21,23H,13H2,1-11H3,(H,26,29,30)/t19-,20-,21?,23+,25-/m0/s1. The van der Waals surface area contributed by atoms with Gasteiger partial charge in [-0.25, -0.2) is 4.79 Å². The van der Waals surface area contributed by atoms with Gasteiger partial charge in [-0.15, -0.1) is 0 Å². The number of hydrogen-bond donors (Lipinski definition) is 1. The quantitative estimate of drug-likeness (QED) is 0.549. The van der Waals surface area contributed by atoms with Crippen molar-refractivity contribution in [2.24, 2.45) is 0 Å². The largest absolute Gasteiger partial charge is 0.414 e. The lowest BCUT2D eigenvalue weighted by molar-refractivity contribution is -0.283. The van der Waals surface area contributed by atoms with E-state index in [1.54, 1.807) is 18.2 Å². The zero-order chi connectivity index (χ0) is 27.7. The molecular formula is C25H45N3O7Si2. The molecule has 1 aromatic rings. The summed E-state index contributed by atoms with van der Waals surface area (Å²) >= 11 is 0. The van der Waals surface area contributed by atoms with Crippen molar-refractivity contribution in [1.29, 1.82) is 0 Å². The number of ether oxygens (including phenoxy) is 1. The van der Waals surface area contributed by atoms with Crippen molar-refractivity contribution in [3.8, 4) is 0 Å². The van der Waals surface area contributed by atoms with E-state index in [0.29, 0.717) is 5.56 Å². The normalized spacial score (nSPS) is 33.7. The third kappa shape index (κ3) is 4.28. The highest BCUT2D eigenvalue weighted by Gasteiger charge is 2.70. The first-order valence-electron chi connectivity index (χ1n) is 13.5. The summed E-state index contributed by atoms with van der Waals surface area (Å²) in [5.41, 5.74) is -0.778. The van der Waals surface area contributed by atoms with Gasteiger partial charge in [0.2, 0.25) is 0 Å². The van der Waals surface area contributed by atoms with E-state index in [9.17, 15) is 9.59 Å². The van der Waals surface area contributed by atoms with Crippen LogP contribution in [-0.4, -0.2) is 69.2 Å². The summed E-state index contributed by atoms with van der Waals surface area (Å²) in [6, 6.07) is -0.228. The Morgan fingerprint density at radius 3 is 2.11 bits per heavy atom. The predicted molar refractivity (Wildman–Crippen MR) is 145 cm³/mol. The molecule has 1 aromatic heterocycles. The second-order valence-electron chi connectivity index (χ2n) is 12.2. The summed E-state index contributed by atoms with van der Waals surface area (Å²) in [4.78, 5) is 33.9. The van der Waals surface area contributed by atoms with Crippen molar-refractivity contribution in [2.45, 2.75) is 121 Å². The molecule has 10 nitrogen and oxygen atoms in total. The monoisotopic (exact) mass is 555 g/mol. The number of hydrogen-bond acceptors (Lipinski definition) is 8. The van der Waals surface area contributed by atoms with Gasteiger partial charge >= 0.3 is 22.8 Å². The highest BCUT2D eigenvalue weighted by Crippen LogP contribution is 2.54. The van der Waals surface area contributed by atoms with Crippen LogP contribution in [0, 0.1) is 6.92 Å². The summed E-state index contributed by atoms with van der Waals surface area (Å²) in [6.07, 6.45) is -0.417. The number of aryl methyl sites for hydroxylation is 1. The minimum absolute atomic E-state index is 0.140. The van der Waals surface area contributed by atoms with Crippen LogP contribution in [-0.2, 0) is 22.5 Å². The number of nitrogens with one attached hydrogen (secondary N) is 1. The van der Waals surface area contributed by atoms with Crippen LogP contribution in [0.2, 0.25) is 22.2 Å². The number of aromatic nitrogens is 2. The average molecular weight is 556 g/mol. The number of H-pyrrole nitrogens is 1. The molecule has 0 aromatic carbocycles. The topological polar surface area (TPSA) is 104 Å². The minimum Gasteiger partial charge on any atom is -0.414 e. The Kier molecular flexibility index (Phi) is 7.65. The highest BCUT2D eigenvalue weighted by molar-refractivity contribution is 6.84. The fourth-order valence-electron chi connectivity index (χ4n) is 6.35. The van der Waals surface area contributed by atoms with E-state index in [1.165, 1.54) is 4.57 Å². The molecule has 210 valence electrons.